The number of ether oxygens (including phenoxy) is 1. The van der Waals surface area contributed by atoms with Crippen LogP contribution in [-0.4, -0.2) is 13.1 Å². The molecule has 1 N–H and O–H groups in total. The van der Waals surface area contributed by atoms with Crippen LogP contribution in [0, 0.1) is 0 Å². The van der Waals surface area contributed by atoms with Crippen molar-refractivity contribution < 1.29 is 4.74 Å². The first-order chi connectivity index (χ1) is 7.80. The van der Waals surface area contributed by atoms with E-state index in [9.17, 15) is 0 Å². The average Bonchev–Trinajstić information content (AvgIpc) is 2.49. The van der Waals surface area contributed by atoms with Crippen LogP contribution in [0.1, 0.15) is 30.4 Å². The Morgan fingerprint density at radius 3 is 3.12 bits per heavy atom. The van der Waals surface area contributed by atoms with Crippen LogP contribution in [0.3, 0.4) is 0 Å². The van der Waals surface area contributed by atoms with Crippen molar-refractivity contribution >= 4 is 11.6 Å². The van der Waals surface area contributed by atoms with Crippen LogP contribution in [0.5, 0.6) is 0 Å². The molecule has 2 nitrogen and oxygen atoms in total. The summed E-state index contributed by atoms with van der Waals surface area (Å²) in [4.78, 5) is 0. The van der Waals surface area contributed by atoms with E-state index in [1.807, 2.05) is 6.07 Å². The van der Waals surface area contributed by atoms with Crippen LogP contribution in [-0.2, 0) is 16.9 Å². The monoisotopic (exact) mass is 237 g/mol. The maximum absolute atomic E-state index is 6.10. The lowest BCUT2D eigenvalue weighted by Gasteiger charge is -2.28. The van der Waals surface area contributed by atoms with Gasteiger partial charge in [-0.2, -0.15) is 0 Å². The van der Waals surface area contributed by atoms with E-state index in [0.29, 0.717) is 0 Å². The van der Waals surface area contributed by atoms with Crippen molar-refractivity contribution in [2.24, 2.45) is 0 Å². The van der Waals surface area contributed by atoms with E-state index in [-0.39, 0.29) is 5.60 Å². The molecule has 16 heavy (non-hydrogen) atoms. The fraction of sp³-hybridized carbons (Fsp3) is 0.538. The molecule has 0 aromatic heterocycles. The minimum Gasteiger partial charge on any atom is -0.366 e. The maximum Gasteiger partial charge on any atom is 0.0952 e. The lowest BCUT2D eigenvalue weighted by atomic mass is 9.86. The van der Waals surface area contributed by atoms with Gasteiger partial charge in [0.05, 0.1) is 12.2 Å². The zero-order valence-corrected chi connectivity index (χ0v) is 10.0. The molecular formula is C13H16ClNO. The quantitative estimate of drug-likeness (QED) is 0.749. The molecule has 0 amide bonds. The van der Waals surface area contributed by atoms with Gasteiger partial charge < -0.3 is 10.1 Å². The summed E-state index contributed by atoms with van der Waals surface area (Å²) in [5, 5.41) is 4.25. The summed E-state index contributed by atoms with van der Waals surface area (Å²) in [6, 6.07) is 6.15. The predicted molar refractivity (Wildman–Crippen MR) is 64.6 cm³/mol. The first-order valence-corrected chi connectivity index (χ1v) is 6.32. The normalized spacial score (nSPS) is 29.1. The molecule has 1 unspecified atom stereocenters. The van der Waals surface area contributed by atoms with Gasteiger partial charge >= 0.3 is 0 Å². The molecular weight excluding hydrogens is 222 g/mol. The van der Waals surface area contributed by atoms with E-state index in [0.717, 1.165) is 37.6 Å². The maximum atomic E-state index is 6.10. The molecule has 1 aromatic carbocycles. The van der Waals surface area contributed by atoms with Crippen LogP contribution >= 0.6 is 11.6 Å². The minimum absolute atomic E-state index is 0.0657. The predicted octanol–water partition coefficient (Wildman–Crippen LogP) is 2.84. The molecule has 0 bridgehead atoms. The Balaban J connectivity index is 2.02. The molecule has 1 atom stereocenters. The molecule has 1 spiro atoms. The van der Waals surface area contributed by atoms with Crippen LogP contribution in [0.2, 0.25) is 5.02 Å². The van der Waals surface area contributed by atoms with E-state index in [4.69, 9.17) is 16.3 Å². The van der Waals surface area contributed by atoms with Crippen molar-refractivity contribution in [3.63, 3.8) is 0 Å². The molecule has 2 aliphatic heterocycles. The number of rotatable bonds is 0. The number of benzene rings is 1. The zero-order valence-electron chi connectivity index (χ0n) is 9.26. The van der Waals surface area contributed by atoms with Gasteiger partial charge in [-0.15, -0.1) is 0 Å². The number of nitrogens with one attached hydrogen (secondary N) is 1. The SMILES string of the molecule is Clc1ccc2c(c1)C1(CCCNCC1)OC2. The summed E-state index contributed by atoms with van der Waals surface area (Å²) in [7, 11) is 0. The van der Waals surface area contributed by atoms with Gasteiger partial charge in [-0.25, -0.2) is 0 Å². The summed E-state index contributed by atoms with van der Waals surface area (Å²) in [5.74, 6) is 0. The number of halogens is 1. The topological polar surface area (TPSA) is 21.3 Å². The second kappa shape index (κ2) is 4.02. The van der Waals surface area contributed by atoms with Gasteiger partial charge in [0.25, 0.3) is 0 Å². The summed E-state index contributed by atoms with van der Waals surface area (Å²) < 4.78 is 6.09. The van der Waals surface area contributed by atoms with Crippen molar-refractivity contribution in [1.82, 2.24) is 5.32 Å². The minimum atomic E-state index is -0.0657. The van der Waals surface area contributed by atoms with Gasteiger partial charge in [0, 0.05) is 5.02 Å². The summed E-state index contributed by atoms with van der Waals surface area (Å²) in [6.45, 7) is 2.87. The van der Waals surface area contributed by atoms with Gasteiger partial charge in [0.1, 0.15) is 0 Å². The average molecular weight is 238 g/mol. The molecule has 1 saturated heterocycles. The largest absolute Gasteiger partial charge is 0.366 e. The second-order valence-corrected chi connectivity index (χ2v) is 5.12. The zero-order chi connectivity index (χ0) is 11.0. The third kappa shape index (κ3) is 1.65. The molecule has 1 aromatic rings. The Labute approximate surface area is 101 Å². The van der Waals surface area contributed by atoms with Crippen molar-refractivity contribution in [3.8, 4) is 0 Å². The van der Waals surface area contributed by atoms with Gasteiger partial charge in [-0.1, -0.05) is 17.7 Å². The lowest BCUT2D eigenvalue weighted by Crippen LogP contribution is -2.26. The lowest BCUT2D eigenvalue weighted by molar-refractivity contribution is -0.0469. The van der Waals surface area contributed by atoms with Crippen LogP contribution < -0.4 is 5.32 Å². The van der Waals surface area contributed by atoms with Crippen molar-refractivity contribution in [2.45, 2.75) is 31.5 Å². The Kier molecular flexibility index (Phi) is 2.66. The van der Waals surface area contributed by atoms with Crippen molar-refractivity contribution in [2.75, 3.05) is 13.1 Å². The Morgan fingerprint density at radius 1 is 1.25 bits per heavy atom. The Hall–Kier alpha value is -0.570. The third-order valence-electron chi connectivity index (χ3n) is 3.71. The molecule has 0 saturated carbocycles. The first kappa shape index (κ1) is 10.6. The number of hydrogen-bond acceptors (Lipinski definition) is 2. The molecule has 3 heteroatoms. The Bertz CT molecular complexity index is 397. The highest BCUT2D eigenvalue weighted by molar-refractivity contribution is 6.30. The van der Waals surface area contributed by atoms with E-state index >= 15 is 0 Å². The van der Waals surface area contributed by atoms with Crippen molar-refractivity contribution in [1.29, 1.82) is 0 Å². The fourth-order valence-electron chi connectivity index (χ4n) is 2.85. The number of hydrogen-bond donors (Lipinski definition) is 1. The van der Waals surface area contributed by atoms with Gasteiger partial charge in [-0.05, 0) is 55.6 Å². The highest BCUT2D eigenvalue weighted by atomic mass is 35.5. The molecule has 1 fully saturated rings. The highest BCUT2D eigenvalue weighted by Crippen LogP contribution is 2.44. The van der Waals surface area contributed by atoms with Gasteiger partial charge in [0.15, 0.2) is 0 Å². The standard InChI is InChI=1S/C13H16ClNO/c14-11-3-2-10-9-16-13(12(10)8-11)4-1-6-15-7-5-13/h2-3,8,15H,1,4-7,9H2. The number of fused-ring (bicyclic) bond motifs is 2. The molecule has 0 aliphatic carbocycles. The summed E-state index contributed by atoms with van der Waals surface area (Å²) in [6.07, 6.45) is 3.33. The third-order valence-corrected chi connectivity index (χ3v) is 3.94. The van der Waals surface area contributed by atoms with Crippen LogP contribution in [0.4, 0.5) is 0 Å². The van der Waals surface area contributed by atoms with E-state index in [2.05, 4.69) is 17.4 Å². The van der Waals surface area contributed by atoms with Gasteiger partial charge in [0.2, 0.25) is 0 Å². The molecule has 2 heterocycles. The van der Waals surface area contributed by atoms with E-state index in [1.54, 1.807) is 0 Å². The highest BCUT2D eigenvalue weighted by Gasteiger charge is 2.39. The smallest absolute Gasteiger partial charge is 0.0952 e. The fourth-order valence-corrected chi connectivity index (χ4v) is 3.02. The van der Waals surface area contributed by atoms with E-state index in [1.165, 1.54) is 17.5 Å². The molecule has 3 rings (SSSR count). The molecule has 86 valence electrons. The second-order valence-electron chi connectivity index (χ2n) is 4.69. The van der Waals surface area contributed by atoms with E-state index < -0.39 is 0 Å². The molecule has 0 radical (unpaired) electrons. The van der Waals surface area contributed by atoms with Gasteiger partial charge in [-0.3, -0.25) is 0 Å². The Morgan fingerprint density at radius 2 is 2.19 bits per heavy atom. The van der Waals surface area contributed by atoms with Crippen LogP contribution in [0.15, 0.2) is 18.2 Å². The summed E-state index contributed by atoms with van der Waals surface area (Å²) in [5.41, 5.74) is 2.57. The first-order valence-electron chi connectivity index (χ1n) is 5.94. The van der Waals surface area contributed by atoms with Crippen molar-refractivity contribution in [3.05, 3.63) is 34.3 Å². The molecule has 2 aliphatic rings. The van der Waals surface area contributed by atoms with Crippen LogP contribution in [0.25, 0.3) is 0 Å². The summed E-state index contributed by atoms with van der Waals surface area (Å²) >= 11 is 6.10.